The summed E-state index contributed by atoms with van der Waals surface area (Å²) in [5.41, 5.74) is -0.147. The molecule has 2 aromatic rings. The highest BCUT2D eigenvalue weighted by Gasteiger charge is 2.51. The van der Waals surface area contributed by atoms with Crippen molar-refractivity contribution in [3.63, 3.8) is 0 Å². The number of carbonyl (C=O) groups excluding carboxylic acids is 3. The van der Waals surface area contributed by atoms with Crippen LogP contribution in [0, 0.1) is 11.7 Å². The Morgan fingerprint density at radius 3 is 2.50 bits per heavy atom. The number of anilines is 1. The Morgan fingerprint density at radius 1 is 1.15 bits per heavy atom. The van der Waals surface area contributed by atoms with Crippen LogP contribution in [0.5, 0.6) is 5.75 Å². The zero-order valence-electron chi connectivity index (χ0n) is 19.0. The van der Waals surface area contributed by atoms with Crippen LogP contribution in [0.4, 0.5) is 10.1 Å². The number of carbonyl (C=O) groups is 3. The van der Waals surface area contributed by atoms with Crippen LogP contribution in [-0.2, 0) is 9.53 Å². The van der Waals surface area contributed by atoms with Crippen molar-refractivity contribution in [3.05, 3.63) is 59.4 Å². The lowest BCUT2D eigenvalue weighted by atomic mass is 9.95. The first-order chi connectivity index (χ1) is 16.3. The molecule has 2 fully saturated rings. The molecule has 1 saturated heterocycles. The molecule has 0 bridgehead atoms. The molecular formula is C25H28FN3O5. The van der Waals surface area contributed by atoms with E-state index < -0.39 is 23.2 Å². The van der Waals surface area contributed by atoms with Gasteiger partial charge in [0.1, 0.15) is 22.7 Å². The number of nitrogens with one attached hydrogen (secondary N) is 2. The van der Waals surface area contributed by atoms with Crippen LogP contribution in [0.1, 0.15) is 46.4 Å². The van der Waals surface area contributed by atoms with Crippen molar-refractivity contribution in [1.82, 2.24) is 10.6 Å². The molecule has 0 unspecified atom stereocenters. The van der Waals surface area contributed by atoms with Gasteiger partial charge in [-0.2, -0.15) is 0 Å². The minimum atomic E-state index is -0.903. The molecule has 2 amide bonds. The summed E-state index contributed by atoms with van der Waals surface area (Å²) in [5.74, 6) is -1.70. The molecule has 1 heterocycles. The van der Waals surface area contributed by atoms with E-state index in [9.17, 15) is 23.9 Å². The summed E-state index contributed by atoms with van der Waals surface area (Å²) < 4.78 is 19.0. The summed E-state index contributed by atoms with van der Waals surface area (Å²) in [4.78, 5) is 39.3. The van der Waals surface area contributed by atoms with Gasteiger partial charge in [-0.15, -0.1) is 0 Å². The van der Waals surface area contributed by atoms with Crippen LogP contribution in [0.3, 0.4) is 0 Å². The zero-order chi connectivity index (χ0) is 24.3. The summed E-state index contributed by atoms with van der Waals surface area (Å²) in [6, 6.07) is 10.5. The van der Waals surface area contributed by atoms with Gasteiger partial charge in [0.15, 0.2) is 0 Å². The number of hydrogen-bond acceptors (Lipinski definition) is 6. The van der Waals surface area contributed by atoms with Gasteiger partial charge in [0, 0.05) is 25.2 Å². The molecule has 3 N–H and O–H groups in total. The molecule has 2 aliphatic rings. The van der Waals surface area contributed by atoms with Crippen molar-refractivity contribution in [2.45, 2.75) is 31.2 Å². The molecular weight excluding hydrogens is 441 g/mol. The van der Waals surface area contributed by atoms with Gasteiger partial charge < -0.3 is 25.4 Å². The number of benzene rings is 2. The van der Waals surface area contributed by atoms with E-state index in [1.807, 2.05) is 4.90 Å². The number of phenols is 1. The number of rotatable bonds is 7. The van der Waals surface area contributed by atoms with Crippen LogP contribution in [0.15, 0.2) is 42.5 Å². The maximum absolute atomic E-state index is 14.2. The normalized spacial score (nSPS) is 17.1. The highest BCUT2D eigenvalue weighted by Crippen LogP contribution is 2.36. The van der Waals surface area contributed by atoms with Crippen molar-refractivity contribution in [2.75, 3.05) is 31.6 Å². The molecule has 34 heavy (non-hydrogen) atoms. The summed E-state index contributed by atoms with van der Waals surface area (Å²) in [6.45, 7) is 1.71. The number of aromatic hydroxyl groups is 1. The Bertz CT molecular complexity index is 1090. The van der Waals surface area contributed by atoms with Crippen molar-refractivity contribution in [1.29, 1.82) is 0 Å². The zero-order valence-corrected chi connectivity index (χ0v) is 19.0. The largest absolute Gasteiger partial charge is 0.508 e. The van der Waals surface area contributed by atoms with Gasteiger partial charge in [0.2, 0.25) is 5.91 Å². The first-order valence-corrected chi connectivity index (χ1v) is 11.3. The maximum atomic E-state index is 14.2. The van der Waals surface area contributed by atoms with E-state index in [-0.39, 0.29) is 23.1 Å². The molecule has 0 aromatic heterocycles. The number of ether oxygens (including phenoxy) is 1. The van der Waals surface area contributed by atoms with E-state index in [1.54, 1.807) is 24.3 Å². The lowest BCUT2D eigenvalue weighted by Crippen LogP contribution is -2.50. The summed E-state index contributed by atoms with van der Waals surface area (Å²) >= 11 is 0. The third-order valence-electron chi connectivity index (χ3n) is 6.53. The average Bonchev–Trinajstić information content (AvgIpc) is 3.63. The van der Waals surface area contributed by atoms with Gasteiger partial charge in [-0.3, -0.25) is 9.59 Å². The van der Waals surface area contributed by atoms with E-state index in [4.69, 9.17) is 4.74 Å². The Labute approximate surface area is 197 Å². The van der Waals surface area contributed by atoms with E-state index in [0.29, 0.717) is 43.7 Å². The number of amides is 2. The molecule has 1 aliphatic heterocycles. The van der Waals surface area contributed by atoms with Crippen LogP contribution >= 0.6 is 0 Å². The first-order valence-electron chi connectivity index (χ1n) is 11.3. The monoisotopic (exact) mass is 469 g/mol. The fourth-order valence-electron chi connectivity index (χ4n) is 4.34. The highest BCUT2D eigenvalue weighted by molar-refractivity contribution is 6.01. The fourth-order valence-corrected chi connectivity index (χ4v) is 4.34. The van der Waals surface area contributed by atoms with Crippen LogP contribution < -0.4 is 15.5 Å². The van der Waals surface area contributed by atoms with Crippen LogP contribution in [0.2, 0.25) is 0 Å². The van der Waals surface area contributed by atoms with E-state index in [2.05, 4.69) is 10.6 Å². The number of halogens is 1. The molecule has 9 heteroatoms. The predicted molar refractivity (Wildman–Crippen MR) is 123 cm³/mol. The summed E-state index contributed by atoms with van der Waals surface area (Å²) in [7, 11) is 1.23. The van der Waals surface area contributed by atoms with Crippen molar-refractivity contribution < 1.29 is 28.6 Å². The third-order valence-corrected chi connectivity index (χ3v) is 6.53. The van der Waals surface area contributed by atoms with Crippen molar-refractivity contribution >= 4 is 23.5 Å². The molecule has 0 radical (unpaired) electrons. The smallest absolute Gasteiger partial charge is 0.342 e. The molecule has 0 atom stereocenters. The van der Waals surface area contributed by atoms with Gasteiger partial charge in [-0.1, -0.05) is 12.1 Å². The second kappa shape index (κ2) is 9.70. The molecule has 1 saturated carbocycles. The quantitative estimate of drug-likeness (QED) is 0.538. The lowest BCUT2D eigenvalue weighted by molar-refractivity contribution is -0.124. The number of esters is 1. The standard InChI is InChI=1S/C25H28FN3O5/c1-34-23(32)21-19(26)6-3-7-20(21)29-12-8-16(9-13-29)15-27-24(33)25(10-11-25)28-22(31)17-4-2-5-18(30)14-17/h2-7,14,16,30H,8-13,15H2,1H3,(H,27,33)(H,28,31). The second-order valence-electron chi connectivity index (χ2n) is 8.85. The SMILES string of the molecule is COC(=O)c1c(F)cccc1N1CCC(CNC(=O)C2(NC(=O)c3cccc(O)c3)CC2)CC1. The highest BCUT2D eigenvalue weighted by atomic mass is 19.1. The number of hydrogen-bond donors (Lipinski definition) is 3. The molecule has 1 aliphatic carbocycles. The third kappa shape index (κ3) is 4.98. The Balaban J connectivity index is 1.29. The van der Waals surface area contributed by atoms with Gasteiger partial charge >= 0.3 is 5.97 Å². The van der Waals surface area contributed by atoms with Gasteiger partial charge in [-0.05, 0) is 61.9 Å². The molecule has 180 valence electrons. The molecule has 0 spiro atoms. The molecule has 4 rings (SSSR count). The molecule has 2 aromatic carbocycles. The van der Waals surface area contributed by atoms with E-state index >= 15 is 0 Å². The first kappa shape index (κ1) is 23.5. The van der Waals surface area contributed by atoms with Gasteiger partial charge in [0.25, 0.3) is 5.91 Å². The average molecular weight is 470 g/mol. The minimum absolute atomic E-state index is 0.00904. The lowest BCUT2D eigenvalue weighted by Gasteiger charge is -2.34. The topological polar surface area (TPSA) is 108 Å². The Hall–Kier alpha value is -3.62. The van der Waals surface area contributed by atoms with Crippen molar-refractivity contribution in [3.8, 4) is 5.75 Å². The van der Waals surface area contributed by atoms with Crippen LogP contribution in [0.25, 0.3) is 0 Å². The second-order valence-corrected chi connectivity index (χ2v) is 8.85. The van der Waals surface area contributed by atoms with Gasteiger partial charge in [-0.25, -0.2) is 9.18 Å². The van der Waals surface area contributed by atoms with E-state index in [0.717, 1.165) is 12.8 Å². The number of piperidine rings is 1. The van der Waals surface area contributed by atoms with Gasteiger partial charge in [0.05, 0.1) is 12.8 Å². The minimum Gasteiger partial charge on any atom is -0.508 e. The fraction of sp³-hybridized carbons (Fsp3) is 0.400. The Morgan fingerprint density at radius 2 is 1.85 bits per heavy atom. The Kier molecular flexibility index (Phi) is 6.72. The van der Waals surface area contributed by atoms with Crippen LogP contribution in [-0.4, -0.2) is 55.2 Å². The van der Waals surface area contributed by atoms with Crippen molar-refractivity contribution in [2.24, 2.45) is 5.92 Å². The number of nitrogens with zero attached hydrogens (tertiary/aromatic N) is 1. The maximum Gasteiger partial charge on any atom is 0.342 e. The number of methoxy groups -OCH3 is 1. The molecule has 8 nitrogen and oxygen atoms in total. The van der Waals surface area contributed by atoms with E-state index in [1.165, 1.54) is 25.3 Å². The predicted octanol–water partition coefficient (Wildman–Crippen LogP) is 2.61. The summed E-state index contributed by atoms with van der Waals surface area (Å²) in [6.07, 6.45) is 2.66. The number of phenolic OH excluding ortho intramolecular Hbond substituents is 1. The summed E-state index contributed by atoms with van der Waals surface area (Å²) in [5, 5.41) is 15.3.